The molecule has 0 fully saturated rings. The molecule has 3 rings (SSSR count). The van der Waals surface area contributed by atoms with Crippen molar-refractivity contribution in [2.24, 2.45) is 0 Å². The highest BCUT2D eigenvalue weighted by atomic mass is 16.3. The van der Waals surface area contributed by atoms with E-state index in [-0.39, 0.29) is 5.41 Å². The van der Waals surface area contributed by atoms with E-state index in [1.165, 1.54) is 22.3 Å². The zero-order valence-electron chi connectivity index (χ0n) is 9.49. The van der Waals surface area contributed by atoms with E-state index in [1.807, 2.05) is 12.1 Å². The first kappa shape index (κ1) is 9.46. The van der Waals surface area contributed by atoms with E-state index < -0.39 is 0 Å². The van der Waals surface area contributed by atoms with Crippen LogP contribution in [0.2, 0.25) is 0 Å². The lowest BCUT2D eigenvalue weighted by Gasteiger charge is -2.25. The molecule has 16 heavy (non-hydrogen) atoms. The minimum Gasteiger partial charge on any atom is -0.508 e. The first-order valence-corrected chi connectivity index (χ1v) is 5.53. The molecular weight excluding hydrogens is 196 g/mol. The van der Waals surface area contributed by atoms with Gasteiger partial charge in [-0.05, 0) is 40.5 Å². The molecule has 1 aromatic carbocycles. The monoisotopic (exact) mass is 210 g/mol. The number of hydrogen-bond donors (Lipinski definition) is 1. The predicted molar refractivity (Wildman–Crippen MR) is 65.7 cm³/mol. The maximum Gasteiger partial charge on any atom is 0.115 e. The van der Waals surface area contributed by atoms with Crippen LogP contribution >= 0.6 is 0 Å². The van der Waals surface area contributed by atoms with E-state index in [1.54, 1.807) is 12.1 Å². The summed E-state index contributed by atoms with van der Waals surface area (Å²) in [6, 6.07) is 14.1. The molecule has 1 nitrogen and oxygen atoms in total. The summed E-state index contributed by atoms with van der Waals surface area (Å²) in [5.74, 6) is 0.324. The third-order valence-electron chi connectivity index (χ3n) is 3.51. The van der Waals surface area contributed by atoms with Crippen molar-refractivity contribution in [1.82, 2.24) is 0 Å². The summed E-state index contributed by atoms with van der Waals surface area (Å²) in [7, 11) is 0. The third-order valence-corrected chi connectivity index (χ3v) is 3.51. The summed E-state index contributed by atoms with van der Waals surface area (Å²) in [5.41, 5.74) is 5.40. The van der Waals surface area contributed by atoms with Crippen molar-refractivity contribution in [3.05, 3.63) is 53.6 Å². The number of phenols is 1. The Labute approximate surface area is 95.4 Å². The largest absolute Gasteiger partial charge is 0.508 e. The van der Waals surface area contributed by atoms with Gasteiger partial charge >= 0.3 is 0 Å². The Balaban J connectivity index is 2.05. The maximum absolute atomic E-state index is 9.31. The Hall–Kier alpha value is -1.76. The molecule has 0 heterocycles. The number of hydrogen-bond acceptors (Lipinski definition) is 1. The molecule has 1 aromatic rings. The fraction of sp³-hybridized carbons (Fsp3) is 0.200. The lowest BCUT2D eigenvalue weighted by atomic mass is 9.78. The molecule has 0 aromatic heterocycles. The third kappa shape index (κ3) is 1.25. The fourth-order valence-electron chi connectivity index (χ4n) is 2.33. The van der Waals surface area contributed by atoms with E-state index in [0.29, 0.717) is 5.75 Å². The van der Waals surface area contributed by atoms with Crippen molar-refractivity contribution in [3.8, 4) is 16.9 Å². The zero-order valence-corrected chi connectivity index (χ0v) is 9.49. The number of benzene rings is 2. The van der Waals surface area contributed by atoms with Crippen LogP contribution in [0.4, 0.5) is 0 Å². The molecule has 0 spiro atoms. The summed E-state index contributed by atoms with van der Waals surface area (Å²) in [6.07, 6.45) is 0. The first-order chi connectivity index (χ1) is 7.59. The summed E-state index contributed by atoms with van der Waals surface area (Å²) < 4.78 is 0. The molecule has 1 N–H and O–H groups in total. The highest BCUT2D eigenvalue weighted by molar-refractivity contribution is 5.86. The van der Waals surface area contributed by atoms with Crippen LogP contribution in [-0.4, -0.2) is 5.11 Å². The van der Waals surface area contributed by atoms with Crippen LogP contribution in [0.15, 0.2) is 42.5 Å². The molecule has 2 aliphatic carbocycles. The molecular formula is C15H14O. The van der Waals surface area contributed by atoms with Gasteiger partial charge in [-0.2, -0.15) is 0 Å². The summed E-state index contributed by atoms with van der Waals surface area (Å²) in [5, 5.41) is 9.31. The van der Waals surface area contributed by atoms with Crippen molar-refractivity contribution >= 4 is 0 Å². The van der Waals surface area contributed by atoms with Crippen LogP contribution in [0.25, 0.3) is 11.1 Å². The molecule has 0 saturated heterocycles. The van der Waals surface area contributed by atoms with E-state index in [9.17, 15) is 5.11 Å². The van der Waals surface area contributed by atoms with Gasteiger partial charge in [0.1, 0.15) is 5.75 Å². The number of fused-ring (bicyclic) bond motifs is 1. The Morgan fingerprint density at radius 1 is 0.938 bits per heavy atom. The first-order valence-electron chi connectivity index (χ1n) is 5.53. The lowest BCUT2D eigenvalue weighted by Crippen LogP contribution is -2.17. The summed E-state index contributed by atoms with van der Waals surface area (Å²) in [4.78, 5) is 0. The minimum atomic E-state index is 0.00822. The number of rotatable bonds is 2. The maximum atomic E-state index is 9.31. The topological polar surface area (TPSA) is 20.2 Å². The van der Waals surface area contributed by atoms with Crippen molar-refractivity contribution < 1.29 is 5.11 Å². The van der Waals surface area contributed by atoms with Gasteiger partial charge < -0.3 is 5.11 Å². The second-order valence-corrected chi connectivity index (χ2v) is 4.93. The molecule has 1 heteroatoms. The normalized spacial score (nSPS) is 12.6. The smallest absolute Gasteiger partial charge is 0.115 e. The van der Waals surface area contributed by atoms with E-state index in [4.69, 9.17) is 0 Å². The van der Waals surface area contributed by atoms with Crippen LogP contribution in [0, 0.1) is 0 Å². The van der Waals surface area contributed by atoms with Gasteiger partial charge in [0, 0.05) is 5.41 Å². The Morgan fingerprint density at radius 3 is 2.12 bits per heavy atom. The Bertz CT molecular complexity index is 550. The van der Waals surface area contributed by atoms with Crippen molar-refractivity contribution in [2.75, 3.05) is 0 Å². The number of phenolic OH excluding ortho intramolecular Hbond substituents is 1. The second-order valence-electron chi connectivity index (χ2n) is 4.93. The Kier molecular flexibility index (Phi) is 1.70. The highest BCUT2D eigenvalue weighted by Gasteiger charge is 2.30. The van der Waals surface area contributed by atoms with Gasteiger partial charge in [-0.3, -0.25) is 0 Å². The molecule has 2 aliphatic rings. The van der Waals surface area contributed by atoms with Gasteiger partial charge in [0.05, 0.1) is 0 Å². The van der Waals surface area contributed by atoms with Gasteiger partial charge in [0.25, 0.3) is 0 Å². The molecule has 0 atom stereocenters. The summed E-state index contributed by atoms with van der Waals surface area (Å²) in [6.45, 7) is 4.45. The average molecular weight is 210 g/mol. The minimum absolute atomic E-state index is 0.00822. The average Bonchev–Trinajstić information content (AvgIpc) is 2.89. The zero-order chi connectivity index (χ0) is 11.3. The van der Waals surface area contributed by atoms with Gasteiger partial charge in [0.15, 0.2) is 0 Å². The highest BCUT2D eigenvalue weighted by Crippen LogP contribution is 2.46. The van der Waals surface area contributed by atoms with Crippen molar-refractivity contribution in [2.45, 2.75) is 19.3 Å². The van der Waals surface area contributed by atoms with Crippen LogP contribution in [-0.2, 0) is 5.41 Å². The molecule has 0 unspecified atom stereocenters. The Morgan fingerprint density at radius 2 is 1.62 bits per heavy atom. The molecule has 0 aliphatic heterocycles. The quantitative estimate of drug-likeness (QED) is 0.683. The van der Waals surface area contributed by atoms with Crippen LogP contribution in [0.5, 0.6) is 5.75 Å². The van der Waals surface area contributed by atoms with Crippen LogP contribution in [0.1, 0.15) is 25.0 Å². The van der Waals surface area contributed by atoms with Gasteiger partial charge in [-0.15, -0.1) is 0 Å². The van der Waals surface area contributed by atoms with E-state index >= 15 is 0 Å². The SMILES string of the molecule is CC(C)(c1ccc(O)cc1)c1ccc2cc1-2. The van der Waals surface area contributed by atoms with Crippen LogP contribution in [0.3, 0.4) is 0 Å². The molecule has 0 bridgehead atoms. The van der Waals surface area contributed by atoms with Gasteiger partial charge in [-0.1, -0.05) is 38.1 Å². The molecule has 0 amide bonds. The van der Waals surface area contributed by atoms with Gasteiger partial charge in [0.2, 0.25) is 0 Å². The molecule has 80 valence electrons. The predicted octanol–water partition coefficient (Wildman–Crippen LogP) is 3.70. The molecule has 0 saturated carbocycles. The van der Waals surface area contributed by atoms with E-state index in [2.05, 4.69) is 32.0 Å². The second kappa shape index (κ2) is 2.88. The standard InChI is InChI=1S/C15H14O/c1-15(2,11-4-6-12(16)7-5-11)14-8-3-10-9-13(10)14/h3-9,16H,1-2H3. The fourth-order valence-corrected chi connectivity index (χ4v) is 2.33. The van der Waals surface area contributed by atoms with Crippen molar-refractivity contribution in [3.63, 3.8) is 0 Å². The lowest BCUT2D eigenvalue weighted by molar-refractivity contribution is 0.474. The molecule has 0 radical (unpaired) electrons. The number of aromatic hydroxyl groups is 1. The van der Waals surface area contributed by atoms with E-state index in [0.717, 1.165) is 0 Å². The van der Waals surface area contributed by atoms with Crippen molar-refractivity contribution in [1.29, 1.82) is 0 Å². The van der Waals surface area contributed by atoms with Crippen LogP contribution < -0.4 is 0 Å². The summed E-state index contributed by atoms with van der Waals surface area (Å²) >= 11 is 0. The van der Waals surface area contributed by atoms with Gasteiger partial charge in [-0.25, -0.2) is 0 Å².